The first-order chi connectivity index (χ1) is 9.61. The summed E-state index contributed by atoms with van der Waals surface area (Å²) in [7, 11) is 0. The number of anilines is 2. The van der Waals surface area contributed by atoms with E-state index in [2.05, 4.69) is 15.3 Å². The fourth-order valence-corrected chi connectivity index (χ4v) is 2.06. The van der Waals surface area contributed by atoms with Crippen LogP contribution in [0.25, 0.3) is 11.1 Å². The number of nitrogens with two attached hydrogens (primary N) is 1. The van der Waals surface area contributed by atoms with Crippen molar-refractivity contribution in [3.63, 3.8) is 0 Å². The van der Waals surface area contributed by atoms with Crippen molar-refractivity contribution in [2.24, 2.45) is 0 Å². The Morgan fingerprint density at radius 3 is 2.80 bits per heavy atom. The fourth-order valence-electron chi connectivity index (χ4n) is 2.06. The van der Waals surface area contributed by atoms with Crippen molar-refractivity contribution in [1.82, 2.24) is 9.97 Å². The van der Waals surface area contributed by atoms with Crippen molar-refractivity contribution in [3.8, 4) is 0 Å². The van der Waals surface area contributed by atoms with Crippen molar-refractivity contribution in [3.05, 3.63) is 47.5 Å². The first kappa shape index (κ1) is 12.5. The predicted octanol–water partition coefficient (Wildman–Crippen LogP) is 3.03. The van der Waals surface area contributed by atoms with E-state index in [1.807, 2.05) is 44.2 Å². The number of pyridine rings is 1. The zero-order valence-electron chi connectivity index (χ0n) is 11.5. The monoisotopic (exact) mass is 268 g/mol. The average molecular weight is 268 g/mol. The summed E-state index contributed by atoms with van der Waals surface area (Å²) in [6.45, 7) is 4.42. The van der Waals surface area contributed by atoms with E-state index in [9.17, 15) is 0 Å². The molecule has 3 rings (SSSR count). The third kappa shape index (κ3) is 2.42. The highest BCUT2D eigenvalue weighted by Gasteiger charge is 2.04. The van der Waals surface area contributed by atoms with Crippen molar-refractivity contribution in [1.29, 1.82) is 0 Å². The van der Waals surface area contributed by atoms with Gasteiger partial charge in [0, 0.05) is 13.5 Å². The van der Waals surface area contributed by atoms with Crippen LogP contribution in [0, 0.1) is 13.8 Å². The topological polar surface area (TPSA) is 77.0 Å². The minimum absolute atomic E-state index is 0.679. The summed E-state index contributed by atoms with van der Waals surface area (Å²) in [5.74, 6) is 1.49. The number of fused-ring (bicyclic) bond motifs is 1. The molecule has 3 N–H and O–H groups in total. The van der Waals surface area contributed by atoms with Crippen LogP contribution in [0.15, 0.2) is 34.7 Å². The van der Waals surface area contributed by atoms with Gasteiger partial charge in [-0.15, -0.1) is 0 Å². The summed E-state index contributed by atoms with van der Waals surface area (Å²) in [4.78, 5) is 8.71. The highest BCUT2D eigenvalue weighted by atomic mass is 16.3. The van der Waals surface area contributed by atoms with Crippen molar-refractivity contribution in [2.45, 2.75) is 20.4 Å². The van der Waals surface area contributed by atoms with Crippen LogP contribution in [-0.4, -0.2) is 9.97 Å². The van der Waals surface area contributed by atoms with Crippen molar-refractivity contribution < 1.29 is 4.42 Å². The molecule has 0 aliphatic heterocycles. The van der Waals surface area contributed by atoms with E-state index in [1.165, 1.54) is 0 Å². The van der Waals surface area contributed by atoms with Crippen LogP contribution in [-0.2, 0) is 6.54 Å². The van der Waals surface area contributed by atoms with Crippen LogP contribution >= 0.6 is 0 Å². The summed E-state index contributed by atoms with van der Waals surface area (Å²) in [6.07, 6.45) is 0. The molecule has 1 aromatic carbocycles. The maximum atomic E-state index is 5.75. The lowest BCUT2D eigenvalue weighted by molar-refractivity contribution is 0.561. The fraction of sp³-hybridized carbons (Fsp3) is 0.200. The highest BCUT2D eigenvalue weighted by Crippen LogP contribution is 2.18. The molecular formula is C15H16N4O. The van der Waals surface area contributed by atoms with E-state index in [0.29, 0.717) is 18.1 Å². The molecule has 2 aromatic heterocycles. The van der Waals surface area contributed by atoms with Gasteiger partial charge in [-0.2, -0.15) is 0 Å². The SMILES string of the molecule is Cc1nc2cc(CNc3ccc(N)c(C)n3)ccc2o1. The van der Waals surface area contributed by atoms with Gasteiger partial charge >= 0.3 is 0 Å². The molecule has 0 spiro atoms. The molecule has 0 amide bonds. The second-order valence-electron chi connectivity index (χ2n) is 4.76. The molecule has 5 nitrogen and oxygen atoms in total. The molecule has 0 bridgehead atoms. The van der Waals surface area contributed by atoms with Crippen LogP contribution in [0.2, 0.25) is 0 Å². The summed E-state index contributed by atoms with van der Waals surface area (Å²) in [6, 6.07) is 9.71. The quantitative estimate of drug-likeness (QED) is 0.763. The molecule has 0 unspecified atom stereocenters. The van der Waals surface area contributed by atoms with E-state index < -0.39 is 0 Å². The summed E-state index contributed by atoms with van der Waals surface area (Å²) >= 11 is 0. The number of nitrogen functional groups attached to an aromatic ring is 1. The van der Waals surface area contributed by atoms with E-state index >= 15 is 0 Å². The third-order valence-electron chi connectivity index (χ3n) is 3.16. The van der Waals surface area contributed by atoms with Gasteiger partial charge in [-0.05, 0) is 36.8 Å². The van der Waals surface area contributed by atoms with E-state index in [1.54, 1.807) is 0 Å². The van der Waals surface area contributed by atoms with Gasteiger partial charge in [-0.25, -0.2) is 9.97 Å². The molecular weight excluding hydrogens is 252 g/mol. The molecule has 2 heterocycles. The largest absolute Gasteiger partial charge is 0.441 e. The molecule has 0 atom stereocenters. The molecule has 0 fully saturated rings. The lowest BCUT2D eigenvalue weighted by Gasteiger charge is -2.07. The Morgan fingerprint density at radius 1 is 1.15 bits per heavy atom. The summed E-state index contributed by atoms with van der Waals surface area (Å²) in [5, 5.41) is 3.28. The molecule has 20 heavy (non-hydrogen) atoms. The maximum absolute atomic E-state index is 5.75. The number of benzene rings is 1. The van der Waals surface area contributed by atoms with Gasteiger partial charge in [0.15, 0.2) is 11.5 Å². The Labute approximate surface area is 116 Å². The van der Waals surface area contributed by atoms with Crippen LogP contribution < -0.4 is 11.1 Å². The van der Waals surface area contributed by atoms with E-state index in [0.717, 1.165) is 28.2 Å². The molecule has 3 aromatic rings. The molecule has 0 radical (unpaired) electrons. The number of nitrogens with one attached hydrogen (secondary N) is 1. The number of aryl methyl sites for hydroxylation is 2. The summed E-state index contributed by atoms with van der Waals surface area (Å²) in [5.41, 5.74) is 10.1. The van der Waals surface area contributed by atoms with Crippen molar-refractivity contribution in [2.75, 3.05) is 11.1 Å². The number of oxazole rings is 1. The molecule has 0 saturated carbocycles. The molecule has 5 heteroatoms. The van der Waals surface area contributed by atoms with Gasteiger partial charge < -0.3 is 15.5 Å². The summed E-state index contributed by atoms with van der Waals surface area (Å²) < 4.78 is 5.46. The van der Waals surface area contributed by atoms with E-state index in [4.69, 9.17) is 10.2 Å². The Morgan fingerprint density at radius 2 is 2.00 bits per heavy atom. The highest BCUT2D eigenvalue weighted by molar-refractivity contribution is 5.73. The lowest BCUT2D eigenvalue weighted by atomic mass is 10.2. The smallest absolute Gasteiger partial charge is 0.192 e. The van der Waals surface area contributed by atoms with Crippen LogP contribution in [0.5, 0.6) is 0 Å². The van der Waals surface area contributed by atoms with Crippen LogP contribution in [0.4, 0.5) is 11.5 Å². The normalized spacial score (nSPS) is 10.9. The van der Waals surface area contributed by atoms with Crippen LogP contribution in [0.1, 0.15) is 17.1 Å². The Balaban J connectivity index is 1.77. The van der Waals surface area contributed by atoms with Gasteiger partial charge in [0.25, 0.3) is 0 Å². The van der Waals surface area contributed by atoms with Crippen LogP contribution in [0.3, 0.4) is 0 Å². The average Bonchev–Trinajstić information content (AvgIpc) is 2.79. The second-order valence-corrected chi connectivity index (χ2v) is 4.76. The number of rotatable bonds is 3. The van der Waals surface area contributed by atoms with E-state index in [-0.39, 0.29) is 0 Å². The molecule has 0 saturated heterocycles. The number of nitrogens with zero attached hydrogens (tertiary/aromatic N) is 2. The van der Waals surface area contributed by atoms with Gasteiger partial charge in [0.05, 0.1) is 11.4 Å². The van der Waals surface area contributed by atoms with Gasteiger partial charge in [0.1, 0.15) is 11.3 Å². The lowest BCUT2D eigenvalue weighted by Crippen LogP contribution is -2.03. The van der Waals surface area contributed by atoms with Gasteiger partial charge in [0.2, 0.25) is 0 Å². The number of hydrogen-bond donors (Lipinski definition) is 2. The standard InChI is InChI=1S/C15H16N4O/c1-9-12(16)4-6-15(18-9)17-8-11-3-5-14-13(7-11)19-10(2)20-14/h3-7H,8,16H2,1-2H3,(H,17,18). The Hall–Kier alpha value is -2.56. The maximum Gasteiger partial charge on any atom is 0.192 e. The first-order valence-corrected chi connectivity index (χ1v) is 6.45. The predicted molar refractivity (Wildman–Crippen MR) is 79.5 cm³/mol. The van der Waals surface area contributed by atoms with Gasteiger partial charge in [-0.3, -0.25) is 0 Å². The van der Waals surface area contributed by atoms with Gasteiger partial charge in [-0.1, -0.05) is 6.07 Å². The second kappa shape index (κ2) is 4.85. The zero-order chi connectivity index (χ0) is 14.1. The third-order valence-corrected chi connectivity index (χ3v) is 3.16. The Bertz CT molecular complexity index is 764. The first-order valence-electron chi connectivity index (χ1n) is 6.45. The number of hydrogen-bond acceptors (Lipinski definition) is 5. The molecule has 0 aliphatic rings. The molecule has 102 valence electrons. The minimum Gasteiger partial charge on any atom is -0.441 e. The molecule has 0 aliphatic carbocycles. The number of aromatic nitrogens is 2. The zero-order valence-corrected chi connectivity index (χ0v) is 11.5. The van der Waals surface area contributed by atoms with Crippen molar-refractivity contribution >= 4 is 22.6 Å². The minimum atomic E-state index is 0.679. The Kier molecular flexibility index (Phi) is 3.02.